The van der Waals surface area contributed by atoms with Gasteiger partial charge < -0.3 is 19.7 Å². The topological polar surface area (TPSA) is 52.0 Å². The largest absolute Gasteiger partial charge is 0.491 e. The Hall–Kier alpha value is -1.72. The zero-order valence-electron chi connectivity index (χ0n) is 16.6. The number of carbonyl (C=O) groups excluding carboxylic acids is 1. The molecule has 1 heterocycles. The van der Waals surface area contributed by atoms with Crippen LogP contribution >= 0.6 is 11.6 Å². The van der Waals surface area contributed by atoms with Crippen LogP contribution in [0.1, 0.15) is 45.1 Å². The molecule has 6 heteroatoms. The number of quaternary nitrogens is 1. The fraction of sp³-hybridized carbons (Fsp3) is 0.571. The van der Waals surface area contributed by atoms with Crippen LogP contribution in [-0.4, -0.2) is 45.3 Å². The highest BCUT2D eigenvalue weighted by molar-refractivity contribution is 6.32. The van der Waals surface area contributed by atoms with Gasteiger partial charge >= 0.3 is 0 Å². The molecule has 0 saturated carbocycles. The summed E-state index contributed by atoms with van der Waals surface area (Å²) in [7, 11) is 1.55. The molecule has 150 valence electrons. The molecular formula is C21H32ClN2O3+. The van der Waals surface area contributed by atoms with Crippen molar-refractivity contribution in [2.24, 2.45) is 0 Å². The first-order valence-electron chi connectivity index (χ1n) is 9.86. The second-order valence-corrected chi connectivity index (χ2v) is 7.41. The maximum Gasteiger partial charge on any atom is 0.244 e. The van der Waals surface area contributed by atoms with Gasteiger partial charge in [-0.1, -0.05) is 11.6 Å². The molecule has 2 rings (SSSR count). The number of benzene rings is 1. The zero-order chi connectivity index (χ0) is 19.6. The van der Waals surface area contributed by atoms with Crippen LogP contribution in [0.3, 0.4) is 0 Å². The van der Waals surface area contributed by atoms with Crippen molar-refractivity contribution < 1.29 is 19.2 Å². The second kappa shape index (κ2) is 11.2. The molecule has 5 nitrogen and oxygen atoms in total. The van der Waals surface area contributed by atoms with Crippen molar-refractivity contribution in [3.05, 3.63) is 28.8 Å². The predicted molar refractivity (Wildman–Crippen MR) is 110 cm³/mol. The van der Waals surface area contributed by atoms with Gasteiger partial charge in [0, 0.05) is 19.0 Å². The number of likely N-dealkylation sites (tertiary alicyclic amines) is 1. The van der Waals surface area contributed by atoms with Gasteiger partial charge in [0.1, 0.15) is 0 Å². The number of ether oxygens (including phenoxy) is 2. The summed E-state index contributed by atoms with van der Waals surface area (Å²) in [6, 6.07) is 4.32. The minimum Gasteiger partial charge on any atom is -0.491 e. The highest BCUT2D eigenvalue weighted by Gasteiger charge is 2.20. The molecule has 1 aromatic carbocycles. The Balaban J connectivity index is 1.81. The Morgan fingerprint density at radius 1 is 1.41 bits per heavy atom. The molecule has 2 N–H and O–H groups in total. The van der Waals surface area contributed by atoms with Crippen molar-refractivity contribution in [1.29, 1.82) is 0 Å². The van der Waals surface area contributed by atoms with E-state index in [2.05, 4.69) is 12.2 Å². The first-order chi connectivity index (χ1) is 13.0. The molecule has 1 aliphatic heterocycles. The number of methoxy groups -OCH3 is 1. The Bertz CT molecular complexity index is 649. The Kier molecular flexibility index (Phi) is 8.95. The molecule has 27 heavy (non-hydrogen) atoms. The summed E-state index contributed by atoms with van der Waals surface area (Å²) in [6.45, 7) is 7.82. The lowest BCUT2D eigenvalue weighted by Crippen LogP contribution is -3.16. The summed E-state index contributed by atoms with van der Waals surface area (Å²) in [5, 5.41) is 3.42. The van der Waals surface area contributed by atoms with Crippen LogP contribution in [0.5, 0.6) is 11.5 Å². The lowest BCUT2D eigenvalue weighted by atomic mass is 10.0. The summed E-state index contributed by atoms with van der Waals surface area (Å²) >= 11 is 6.23. The number of halogens is 1. The van der Waals surface area contributed by atoms with Crippen molar-refractivity contribution in [2.45, 2.75) is 45.6 Å². The second-order valence-electron chi connectivity index (χ2n) is 7.00. The van der Waals surface area contributed by atoms with E-state index in [-0.39, 0.29) is 5.91 Å². The summed E-state index contributed by atoms with van der Waals surface area (Å²) in [5.41, 5.74) is 0.797. The van der Waals surface area contributed by atoms with Crippen molar-refractivity contribution >= 4 is 23.6 Å². The fourth-order valence-corrected chi connectivity index (χ4v) is 3.82. The number of hydrogen-bond donors (Lipinski definition) is 2. The van der Waals surface area contributed by atoms with Gasteiger partial charge in [0.25, 0.3) is 0 Å². The van der Waals surface area contributed by atoms with Crippen molar-refractivity contribution in [1.82, 2.24) is 5.32 Å². The predicted octanol–water partition coefficient (Wildman–Crippen LogP) is 2.72. The lowest BCUT2D eigenvalue weighted by Gasteiger charge is -2.30. The van der Waals surface area contributed by atoms with Crippen molar-refractivity contribution in [2.75, 3.05) is 33.4 Å². The lowest BCUT2D eigenvalue weighted by molar-refractivity contribution is -0.928. The van der Waals surface area contributed by atoms with Crippen LogP contribution in [0.2, 0.25) is 5.02 Å². The Morgan fingerprint density at radius 2 is 2.22 bits per heavy atom. The smallest absolute Gasteiger partial charge is 0.244 e. The quantitative estimate of drug-likeness (QED) is 0.499. The van der Waals surface area contributed by atoms with Crippen LogP contribution in [-0.2, 0) is 4.79 Å². The highest BCUT2D eigenvalue weighted by atomic mass is 35.5. The molecule has 0 aromatic heterocycles. The van der Waals surface area contributed by atoms with Crippen LogP contribution in [0.4, 0.5) is 0 Å². The summed E-state index contributed by atoms with van der Waals surface area (Å²) < 4.78 is 10.8. The molecule has 2 atom stereocenters. The minimum atomic E-state index is -0.0957. The SMILES string of the molecule is CCOc1cc(/C=C/C(=O)NCCC[NH+]2CCCC[C@@H]2C)cc(Cl)c1OC. The van der Waals surface area contributed by atoms with Gasteiger partial charge in [-0.25, -0.2) is 0 Å². The highest BCUT2D eigenvalue weighted by Crippen LogP contribution is 2.36. The fourth-order valence-electron chi connectivity index (χ4n) is 3.53. The van der Waals surface area contributed by atoms with E-state index in [1.165, 1.54) is 31.9 Å². The van der Waals surface area contributed by atoms with Crippen LogP contribution in [0.25, 0.3) is 6.08 Å². The van der Waals surface area contributed by atoms with E-state index in [0.29, 0.717) is 29.7 Å². The zero-order valence-corrected chi connectivity index (χ0v) is 17.4. The van der Waals surface area contributed by atoms with E-state index in [4.69, 9.17) is 21.1 Å². The molecule has 0 aliphatic carbocycles. The Morgan fingerprint density at radius 3 is 2.93 bits per heavy atom. The van der Waals surface area contributed by atoms with Gasteiger partial charge in [0.05, 0.1) is 37.9 Å². The van der Waals surface area contributed by atoms with E-state index in [1.54, 1.807) is 24.2 Å². The van der Waals surface area contributed by atoms with Crippen LogP contribution < -0.4 is 19.7 Å². The molecule has 0 radical (unpaired) electrons. The number of carbonyl (C=O) groups is 1. The van der Waals surface area contributed by atoms with Crippen LogP contribution in [0.15, 0.2) is 18.2 Å². The average Bonchev–Trinajstić information content (AvgIpc) is 2.65. The average molecular weight is 396 g/mol. The van der Waals surface area contributed by atoms with E-state index in [1.807, 2.05) is 13.0 Å². The Labute approximate surface area is 167 Å². The van der Waals surface area contributed by atoms with Gasteiger partial charge in [0.15, 0.2) is 11.5 Å². The first kappa shape index (κ1) is 21.6. The summed E-state index contributed by atoms with van der Waals surface area (Å²) in [6.07, 6.45) is 8.27. The third kappa shape index (κ3) is 6.74. The number of piperidine rings is 1. The molecule has 0 bridgehead atoms. The maximum atomic E-state index is 12.1. The van der Waals surface area contributed by atoms with E-state index in [9.17, 15) is 4.79 Å². The molecule has 1 fully saturated rings. The van der Waals surface area contributed by atoms with Gasteiger partial charge in [-0.15, -0.1) is 0 Å². The monoisotopic (exact) mass is 395 g/mol. The molecule has 1 aliphatic rings. The third-order valence-electron chi connectivity index (χ3n) is 5.02. The standard InChI is InChI=1S/C21H31ClN2O3/c1-4-27-19-15-17(14-18(22)21(19)26-3)9-10-20(25)23-11-7-13-24-12-6-5-8-16(24)2/h9-10,14-16H,4-8,11-13H2,1-3H3,(H,23,25)/p+1/b10-9+/t16-/m0/s1. The van der Waals surface area contributed by atoms with Crippen molar-refractivity contribution in [3.8, 4) is 11.5 Å². The minimum absolute atomic E-state index is 0.0957. The van der Waals surface area contributed by atoms with Gasteiger partial charge in [-0.2, -0.15) is 0 Å². The summed E-state index contributed by atoms with van der Waals surface area (Å²) in [4.78, 5) is 13.7. The third-order valence-corrected chi connectivity index (χ3v) is 5.30. The number of hydrogen-bond acceptors (Lipinski definition) is 3. The normalized spacial score (nSPS) is 19.9. The van der Waals surface area contributed by atoms with Gasteiger partial charge in [0.2, 0.25) is 5.91 Å². The van der Waals surface area contributed by atoms with Gasteiger partial charge in [-0.3, -0.25) is 4.79 Å². The van der Waals surface area contributed by atoms with Crippen LogP contribution in [0, 0.1) is 0 Å². The molecule has 1 saturated heterocycles. The first-order valence-corrected chi connectivity index (χ1v) is 10.2. The number of rotatable bonds is 9. The summed E-state index contributed by atoms with van der Waals surface area (Å²) in [5.74, 6) is 0.988. The van der Waals surface area contributed by atoms with Crippen molar-refractivity contribution in [3.63, 3.8) is 0 Å². The molecule has 1 aromatic rings. The van der Waals surface area contributed by atoms with E-state index >= 15 is 0 Å². The number of amides is 1. The van der Waals surface area contributed by atoms with E-state index in [0.717, 1.165) is 24.6 Å². The van der Waals surface area contributed by atoms with Gasteiger partial charge in [-0.05, 0) is 56.9 Å². The number of nitrogens with one attached hydrogen (secondary N) is 2. The molecular weight excluding hydrogens is 364 g/mol. The molecule has 0 spiro atoms. The molecule has 1 unspecified atom stereocenters. The molecule has 1 amide bonds. The maximum absolute atomic E-state index is 12.1. The van der Waals surface area contributed by atoms with E-state index < -0.39 is 0 Å².